The number of nitrogens with zero attached hydrogens (tertiary/aromatic N) is 2. The molecular weight excluding hydrogens is 414 g/mol. The zero-order valence-corrected chi connectivity index (χ0v) is 18.0. The summed E-state index contributed by atoms with van der Waals surface area (Å²) in [5, 5.41) is 6.20. The number of hydrogen-bond acceptors (Lipinski definition) is 5. The van der Waals surface area contributed by atoms with Crippen LogP contribution < -0.4 is 16.1 Å². The third-order valence-electron chi connectivity index (χ3n) is 6.61. The Hall–Kier alpha value is -3.43. The van der Waals surface area contributed by atoms with E-state index in [1.165, 1.54) is 0 Å². The van der Waals surface area contributed by atoms with E-state index in [-0.39, 0.29) is 25.3 Å². The van der Waals surface area contributed by atoms with Gasteiger partial charge in [-0.3, -0.25) is 24.7 Å². The Morgan fingerprint density at radius 3 is 2.34 bits per heavy atom. The summed E-state index contributed by atoms with van der Waals surface area (Å²) >= 11 is 0. The molecule has 10 heteroatoms. The van der Waals surface area contributed by atoms with Crippen LogP contribution in [0.25, 0.3) is 0 Å². The molecule has 1 aliphatic carbocycles. The van der Waals surface area contributed by atoms with Crippen molar-refractivity contribution >= 4 is 29.8 Å². The summed E-state index contributed by atoms with van der Waals surface area (Å²) in [5.41, 5.74) is 0.986. The van der Waals surface area contributed by atoms with Crippen molar-refractivity contribution in [3.63, 3.8) is 0 Å². The number of amides is 7. The van der Waals surface area contributed by atoms with E-state index in [2.05, 4.69) is 16.1 Å². The Morgan fingerprint density at radius 2 is 1.69 bits per heavy atom. The lowest BCUT2D eigenvalue weighted by atomic mass is 9.87. The number of carbonyl (C=O) groups excluding carboxylic acids is 5. The SMILES string of the molecule is CC[C@@]1(c2ccccc2)NC(=O)N(NC(=O)CCCN2C(=O)NC3(CCCC3)C2=O)C1=O. The minimum absolute atomic E-state index is 0.0500. The van der Waals surface area contributed by atoms with Gasteiger partial charge in [-0.2, -0.15) is 5.01 Å². The second kappa shape index (κ2) is 8.25. The zero-order valence-electron chi connectivity index (χ0n) is 18.0. The highest BCUT2D eigenvalue weighted by Crippen LogP contribution is 2.35. The van der Waals surface area contributed by atoms with Crippen molar-refractivity contribution in [3.05, 3.63) is 35.9 Å². The lowest BCUT2D eigenvalue weighted by Gasteiger charge is -2.25. The molecule has 3 aliphatic rings. The Bertz CT molecular complexity index is 959. The predicted molar refractivity (Wildman–Crippen MR) is 113 cm³/mol. The normalized spacial score (nSPS) is 24.3. The van der Waals surface area contributed by atoms with Gasteiger partial charge in [0.1, 0.15) is 11.1 Å². The van der Waals surface area contributed by atoms with Crippen LogP contribution in [-0.2, 0) is 19.9 Å². The van der Waals surface area contributed by atoms with Crippen LogP contribution in [0.1, 0.15) is 57.4 Å². The number of benzene rings is 1. The topological polar surface area (TPSA) is 128 Å². The quantitative estimate of drug-likeness (QED) is 0.553. The lowest BCUT2D eigenvalue weighted by Crippen LogP contribution is -2.48. The zero-order chi connectivity index (χ0) is 22.9. The molecule has 0 aromatic heterocycles. The van der Waals surface area contributed by atoms with Crippen LogP contribution in [0.3, 0.4) is 0 Å². The van der Waals surface area contributed by atoms with Gasteiger partial charge in [0, 0.05) is 13.0 Å². The van der Waals surface area contributed by atoms with Crippen molar-refractivity contribution < 1.29 is 24.0 Å². The molecule has 1 spiro atoms. The van der Waals surface area contributed by atoms with Crippen molar-refractivity contribution in [1.29, 1.82) is 0 Å². The fourth-order valence-electron chi connectivity index (χ4n) is 4.81. The van der Waals surface area contributed by atoms with Gasteiger partial charge < -0.3 is 10.6 Å². The van der Waals surface area contributed by atoms with Crippen LogP contribution in [0.15, 0.2) is 30.3 Å². The van der Waals surface area contributed by atoms with Gasteiger partial charge in [0.2, 0.25) is 5.91 Å². The summed E-state index contributed by atoms with van der Waals surface area (Å²) in [4.78, 5) is 63.9. The molecule has 3 N–H and O–H groups in total. The van der Waals surface area contributed by atoms with E-state index in [1.54, 1.807) is 31.2 Å². The fraction of sp³-hybridized carbons (Fsp3) is 0.500. The molecule has 32 heavy (non-hydrogen) atoms. The Balaban J connectivity index is 1.33. The molecule has 1 atom stereocenters. The van der Waals surface area contributed by atoms with Gasteiger partial charge in [0.25, 0.3) is 11.8 Å². The molecule has 0 unspecified atom stereocenters. The monoisotopic (exact) mass is 441 g/mol. The number of imide groups is 2. The van der Waals surface area contributed by atoms with Gasteiger partial charge in [-0.05, 0) is 31.2 Å². The number of hydrazine groups is 1. The average Bonchev–Trinajstić information content (AvgIpc) is 3.42. The van der Waals surface area contributed by atoms with E-state index in [0.29, 0.717) is 29.8 Å². The minimum Gasteiger partial charge on any atom is -0.323 e. The molecule has 1 aromatic rings. The number of hydrogen-bond donors (Lipinski definition) is 3. The van der Waals surface area contributed by atoms with E-state index in [1.807, 2.05) is 6.07 Å². The summed E-state index contributed by atoms with van der Waals surface area (Å²) in [7, 11) is 0. The molecule has 4 rings (SSSR count). The van der Waals surface area contributed by atoms with Gasteiger partial charge in [0.05, 0.1) is 0 Å². The maximum absolute atomic E-state index is 13.0. The van der Waals surface area contributed by atoms with Gasteiger partial charge in [-0.15, -0.1) is 0 Å². The predicted octanol–water partition coefficient (Wildman–Crippen LogP) is 1.52. The largest absolute Gasteiger partial charge is 0.344 e. The van der Waals surface area contributed by atoms with Crippen molar-refractivity contribution in [2.45, 2.75) is 62.9 Å². The smallest absolute Gasteiger partial charge is 0.323 e. The highest BCUT2D eigenvalue weighted by atomic mass is 16.2. The summed E-state index contributed by atoms with van der Waals surface area (Å²) in [6.07, 6.45) is 3.57. The Kier molecular flexibility index (Phi) is 5.62. The molecule has 1 saturated carbocycles. The number of carbonyl (C=O) groups is 5. The van der Waals surface area contributed by atoms with Crippen LogP contribution in [0.2, 0.25) is 0 Å². The number of nitrogens with one attached hydrogen (secondary N) is 3. The second-order valence-corrected chi connectivity index (χ2v) is 8.51. The molecule has 7 amide bonds. The van der Waals surface area contributed by atoms with Gasteiger partial charge in [0.15, 0.2) is 0 Å². The number of rotatable bonds is 7. The minimum atomic E-state index is -1.23. The van der Waals surface area contributed by atoms with E-state index in [4.69, 9.17) is 0 Å². The third-order valence-corrected chi connectivity index (χ3v) is 6.61. The molecule has 2 heterocycles. The van der Waals surface area contributed by atoms with E-state index >= 15 is 0 Å². The van der Waals surface area contributed by atoms with Gasteiger partial charge >= 0.3 is 12.1 Å². The number of urea groups is 2. The highest BCUT2D eigenvalue weighted by Gasteiger charge is 2.53. The molecule has 1 aromatic carbocycles. The average molecular weight is 441 g/mol. The molecule has 170 valence electrons. The molecule has 10 nitrogen and oxygen atoms in total. The first-order chi connectivity index (χ1) is 15.3. The molecule has 0 bridgehead atoms. The molecule has 0 radical (unpaired) electrons. The van der Waals surface area contributed by atoms with Crippen LogP contribution in [0.4, 0.5) is 9.59 Å². The third kappa shape index (κ3) is 3.49. The van der Waals surface area contributed by atoms with Crippen molar-refractivity contribution in [2.24, 2.45) is 0 Å². The highest BCUT2D eigenvalue weighted by molar-refractivity contribution is 6.08. The first kappa shape index (κ1) is 21.8. The maximum Gasteiger partial charge on any atom is 0.344 e. The van der Waals surface area contributed by atoms with Crippen LogP contribution in [0, 0.1) is 0 Å². The Morgan fingerprint density at radius 1 is 1.00 bits per heavy atom. The van der Waals surface area contributed by atoms with E-state index < -0.39 is 35.0 Å². The van der Waals surface area contributed by atoms with Gasteiger partial charge in [-0.25, -0.2) is 9.59 Å². The summed E-state index contributed by atoms with van der Waals surface area (Å²) in [5.74, 6) is -1.33. The van der Waals surface area contributed by atoms with Crippen molar-refractivity contribution in [2.75, 3.05) is 6.54 Å². The van der Waals surface area contributed by atoms with Gasteiger partial charge in [-0.1, -0.05) is 50.1 Å². The molecule has 3 fully saturated rings. The lowest BCUT2D eigenvalue weighted by molar-refractivity contribution is -0.139. The van der Waals surface area contributed by atoms with Crippen LogP contribution in [0.5, 0.6) is 0 Å². The maximum atomic E-state index is 13.0. The summed E-state index contributed by atoms with van der Waals surface area (Å²) in [6.45, 7) is 1.88. The fourth-order valence-corrected chi connectivity index (χ4v) is 4.81. The van der Waals surface area contributed by atoms with Crippen molar-refractivity contribution in [3.8, 4) is 0 Å². The Labute approximate surface area is 185 Å². The van der Waals surface area contributed by atoms with E-state index in [9.17, 15) is 24.0 Å². The first-order valence-electron chi connectivity index (χ1n) is 11.0. The summed E-state index contributed by atoms with van der Waals surface area (Å²) < 4.78 is 0. The van der Waals surface area contributed by atoms with Crippen LogP contribution >= 0.6 is 0 Å². The summed E-state index contributed by atoms with van der Waals surface area (Å²) in [6, 6.07) is 7.74. The molecular formula is C22H27N5O5. The standard InChI is InChI=1S/C22H27N5O5/c1-2-22(15-9-4-3-5-10-15)18(30)27(20(32)24-22)25-16(28)11-8-14-26-17(29)21(23-19(26)31)12-6-7-13-21/h3-5,9-10H,2,6-8,11-14H2,1H3,(H,23,31)(H,24,32)(H,25,28)/t22-/m0/s1. The molecule has 2 saturated heterocycles. The molecule has 2 aliphatic heterocycles. The van der Waals surface area contributed by atoms with E-state index in [0.717, 1.165) is 17.7 Å². The van der Waals surface area contributed by atoms with Crippen LogP contribution in [-0.4, -0.2) is 51.8 Å². The van der Waals surface area contributed by atoms with Crippen molar-refractivity contribution in [1.82, 2.24) is 26.0 Å². The second-order valence-electron chi connectivity index (χ2n) is 8.51. The first-order valence-corrected chi connectivity index (χ1v) is 11.0.